The van der Waals surface area contributed by atoms with E-state index in [2.05, 4.69) is 0 Å². The fraction of sp³-hybridized carbons (Fsp3) is 0.818. The number of aliphatic hydroxyl groups is 1. The molecule has 94 valence electrons. The van der Waals surface area contributed by atoms with Gasteiger partial charge in [-0.15, -0.1) is 0 Å². The predicted molar refractivity (Wildman–Crippen MR) is 57.8 cm³/mol. The minimum absolute atomic E-state index is 0.0248. The highest BCUT2D eigenvalue weighted by Gasteiger charge is 2.42. The van der Waals surface area contributed by atoms with Crippen LogP contribution in [0, 0.1) is 11.8 Å². The fourth-order valence-corrected chi connectivity index (χ4v) is 1.10. The van der Waals surface area contributed by atoms with Gasteiger partial charge in [-0.1, -0.05) is 6.92 Å². The predicted octanol–water partition coefficient (Wildman–Crippen LogP) is 1.05. The van der Waals surface area contributed by atoms with Crippen LogP contribution in [-0.2, 0) is 14.3 Å². The van der Waals surface area contributed by atoms with Crippen molar-refractivity contribution >= 4 is 11.9 Å². The van der Waals surface area contributed by atoms with Crippen LogP contribution >= 0.6 is 0 Å². The first kappa shape index (κ1) is 14.9. The number of aliphatic carboxylic acids is 1. The highest BCUT2D eigenvalue weighted by molar-refractivity contribution is 5.73. The smallest absolute Gasteiger partial charge is 0.306 e. The van der Waals surface area contributed by atoms with E-state index in [1.54, 1.807) is 6.92 Å². The Labute approximate surface area is 95.4 Å². The second-order valence-electron chi connectivity index (χ2n) is 4.02. The minimum Gasteiger partial charge on any atom is -0.481 e. The molecule has 1 aliphatic rings. The number of ether oxygens (including phenoxy) is 1. The summed E-state index contributed by atoms with van der Waals surface area (Å²) in [6, 6.07) is 0. The molecule has 2 N–H and O–H groups in total. The third-order valence-corrected chi connectivity index (χ3v) is 2.13. The summed E-state index contributed by atoms with van der Waals surface area (Å²) >= 11 is 0. The molecule has 0 saturated heterocycles. The van der Waals surface area contributed by atoms with E-state index >= 15 is 0 Å². The van der Waals surface area contributed by atoms with Crippen LogP contribution in [0.2, 0.25) is 0 Å². The number of rotatable bonds is 4. The molecule has 0 heterocycles. The van der Waals surface area contributed by atoms with Crippen molar-refractivity contribution in [2.75, 3.05) is 6.61 Å². The Bertz CT molecular complexity index is 237. The van der Waals surface area contributed by atoms with Gasteiger partial charge in [-0.3, -0.25) is 9.59 Å². The van der Waals surface area contributed by atoms with Crippen LogP contribution in [0.15, 0.2) is 0 Å². The van der Waals surface area contributed by atoms with Gasteiger partial charge in [-0.25, -0.2) is 0 Å². The number of carboxylic acids is 1. The summed E-state index contributed by atoms with van der Waals surface area (Å²) in [7, 11) is 0. The molecule has 0 spiro atoms. The van der Waals surface area contributed by atoms with Crippen molar-refractivity contribution in [2.45, 2.75) is 39.7 Å². The van der Waals surface area contributed by atoms with E-state index in [9.17, 15) is 9.59 Å². The molecule has 0 aromatic heterocycles. The number of carboxylic acid groups (broad SMARTS) is 1. The second kappa shape index (κ2) is 7.22. The zero-order valence-corrected chi connectivity index (χ0v) is 9.97. The van der Waals surface area contributed by atoms with Crippen molar-refractivity contribution in [3.8, 4) is 0 Å². The third kappa shape index (κ3) is 6.40. The molecule has 0 aromatic rings. The molecule has 1 saturated carbocycles. The molecular formula is C11H20O5. The van der Waals surface area contributed by atoms with E-state index in [-0.39, 0.29) is 30.5 Å². The van der Waals surface area contributed by atoms with Crippen molar-refractivity contribution in [3.05, 3.63) is 0 Å². The summed E-state index contributed by atoms with van der Waals surface area (Å²) in [4.78, 5) is 20.4. The highest BCUT2D eigenvalue weighted by atomic mass is 16.5. The molecule has 1 aliphatic carbocycles. The number of hydrogen-bond acceptors (Lipinski definition) is 4. The Balaban J connectivity index is 0.000000281. The second-order valence-corrected chi connectivity index (χ2v) is 4.02. The van der Waals surface area contributed by atoms with Gasteiger partial charge in [0.2, 0.25) is 0 Å². The van der Waals surface area contributed by atoms with Crippen LogP contribution in [0.25, 0.3) is 0 Å². The molecule has 16 heavy (non-hydrogen) atoms. The summed E-state index contributed by atoms with van der Waals surface area (Å²) in [5.74, 6) is -1.10. The van der Waals surface area contributed by atoms with Crippen molar-refractivity contribution in [1.82, 2.24) is 0 Å². The lowest BCUT2D eigenvalue weighted by Gasteiger charge is -2.04. The highest BCUT2D eigenvalue weighted by Crippen LogP contribution is 2.37. The van der Waals surface area contributed by atoms with E-state index in [0.717, 1.165) is 0 Å². The third-order valence-electron chi connectivity index (χ3n) is 2.13. The Morgan fingerprint density at radius 3 is 2.12 bits per heavy atom. The molecule has 0 aromatic carbocycles. The van der Waals surface area contributed by atoms with Crippen molar-refractivity contribution in [2.24, 2.45) is 11.8 Å². The summed E-state index contributed by atoms with van der Waals surface area (Å²) < 4.78 is 4.76. The molecule has 1 rings (SSSR count). The maximum Gasteiger partial charge on any atom is 0.306 e. The maximum absolute atomic E-state index is 10.4. The molecule has 0 aliphatic heterocycles. The largest absolute Gasteiger partial charge is 0.481 e. The number of esters is 1. The monoisotopic (exact) mass is 232 g/mol. The number of carbonyl (C=O) groups excluding carboxylic acids is 1. The van der Waals surface area contributed by atoms with Crippen molar-refractivity contribution in [1.29, 1.82) is 0 Å². The summed E-state index contributed by atoms with van der Waals surface area (Å²) in [6.45, 7) is 5.49. The molecule has 2 unspecified atom stereocenters. The Morgan fingerprint density at radius 2 is 2.00 bits per heavy atom. The first-order chi connectivity index (χ1) is 7.42. The lowest BCUT2D eigenvalue weighted by Crippen LogP contribution is -2.09. The van der Waals surface area contributed by atoms with Crippen LogP contribution in [-0.4, -0.2) is 34.9 Å². The lowest BCUT2D eigenvalue weighted by molar-refractivity contribution is -0.147. The average Bonchev–Trinajstić information content (AvgIpc) is 2.96. The van der Waals surface area contributed by atoms with Crippen LogP contribution < -0.4 is 0 Å². The Morgan fingerprint density at radius 1 is 1.44 bits per heavy atom. The van der Waals surface area contributed by atoms with Crippen molar-refractivity contribution < 1.29 is 24.5 Å². The zero-order chi connectivity index (χ0) is 12.7. The fourth-order valence-electron chi connectivity index (χ4n) is 1.10. The number of carbonyl (C=O) groups is 2. The molecular weight excluding hydrogens is 212 g/mol. The van der Waals surface area contributed by atoms with Gasteiger partial charge in [-0.2, -0.15) is 0 Å². The summed E-state index contributed by atoms with van der Waals surface area (Å²) in [5.41, 5.74) is 0. The topological polar surface area (TPSA) is 83.8 Å². The molecule has 5 heteroatoms. The van der Waals surface area contributed by atoms with Gasteiger partial charge in [0.25, 0.3) is 0 Å². The van der Waals surface area contributed by atoms with Crippen molar-refractivity contribution in [3.63, 3.8) is 0 Å². The van der Waals surface area contributed by atoms with Crippen LogP contribution in [0.4, 0.5) is 0 Å². The summed E-state index contributed by atoms with van der Waals surface area (Å²) in [6.07, 6.45) is 1.16. The van der Waals surface area contributed by atoms with Gasteiger partial charge in [0.1, 0.15) is 0 Å². The molecule has 0 amide bonds. The van der Waals surface area contributed by atoms with E-state index in [1.807, 2.05) is 13.8 Å². The molecule has 0 bridgehead atoms. The van der Waals surface area contributed by atoms with Gasteiger partial charge < -0.3 is 14.9 Å². The minimum atomic E-state index is -0.774. The van der Waals surface area contributed by atoms with E-state index in [1.165, 1.54) is 0 Å². The normalized spacial score (nSPS) is 22.1. The molecule has 2 atom stereocenters. The van der Waals surface area contributed by atoms with E-state index in [4.69, 9.17) is 14.9 Å². The van der Waals surface area contributed by atoms with Crippen LogP contribution in [0.5, 0.6) is 0 Å². The van der Waals surface area contributed by atoms with Crippen LogP contribution in [0.1, 0.15) is 33.6 Å². The molecule has 1 fully saturated rings. The number of hydrogen-bond donors (Lipinski definition) is 2. The van der Waals surface area contributed by atoms with Gasteiger partial charge in [0.05, 0.1) is 12.0 Å². The molecule has 5 nitrogen and oxygen atoms in total. The molecule has 0 radical (unpaired) electrons. The quantitative estimate of drug-likeness (QED) is 0.708. The zero-order valence-electron chi connectivity index (χ0n) is 9.97. The van der Waals surface area contributed by atoms with Gasteiger partial charge in [0.15, 0.2) is 0 Å². The van der Waals surface area contributed by atoms with Crippen LogP contribution in [0.3, 0.4) is 0 Å². The van der Waals surface area contributed by atoms with Gasteiger partial charge >= 0.3 is 11.9 Å². The standard InChI is InChI=1S/C6H12O2.C5H8O3/c1-4-6(7)8-5(2)3;6-2-3-1-4(3)5(7)8/h5H,4H2,1-3H3;3-4,6H,1-2H2,(H,7,8). The Hall–Kier alpha value is -1.10. The maximum atomic E-state index is 10.4. The van der Waals surface area contributed by atoms with E-state index in [0.29, 0.717) is 12.8 Å². The first-order valence-corrected chi connectivity index (χ1v) is 5.45. The lowest BCUT2D eigenvalue weighted by atomic mass is 10.3. The number of aliphatic hydroxyl groups excluding tert-OH is 1. The summed E-state index contributed by atoms with van der Waals surface area (Å²) in [5, 5.41) is 16.6. The van der Waals surface area contributed by atoms with Gasteiger partial charge in [-0.05, 0) is 26.2 Å². The van der Waals surface area contributed by atoms with E-state index < -0.39 is 5.97 Å². The first-order valence-electron chi connectivity index (χ1n) is 5.45. The Kier molecular flexibility index (Phi) is 6.72. The SMILES string of the molecule is CCC(=O)OC(C)C.O=C(O)C1CC1CO. The average molecular weight is 232 g/mol. The van der Waals surface area contributed by atoms with Gasteiger partial charge in [0, 0.05) is 13.0 Å².